The first-order valence-electron chi connectivity index (χ1n) is 5.66. The summed E-state index contributed by atoms with van der Waals surface area (Å²) in [4.78, 5) is 0. The third-order valence-electron chi connectivity index (χ3n) is 3.04. The first-order valence-corrected chi connectivity index (χ1v) is 6.95. The summed E-state index contributed by atoms with van der Waals surface area (Å²) in [7, 11) is 0. The van der Waals surface area contributed by atoms with Gasteiger partial charge in [0.1, 0.15) is 11.6 Å². The Morgan fingerprint density at radius 1 is 1.25 bits per heavy atom. The molecular formula is C11H18N4S. The van der Waals surface area contributed by atoms with E-state index in [0.29, 0.717) is 11.9 Å². The fraction of sp³-hybridized carbons (Fsp3) is 0.636. The van der Waals surface area contributed by atoms with Gasteiger partial charge in [-0.1, -0.05) is 0 Å². The summed E-state index contributed by atoms with van der Waals surface area (Å²) in [6.07, 6.45) is 7.22. The van der Waals surface area contributed by atoms with Gasteiger partial charge in [-0.3, -0.25) is 0 Å². The Labute approximate surface area is 100 Å². The molecule has 88 valence electrons. The summed E-state index contributed by atoms with van der Waals surface area (Å²) in [5, 5.41) is 12.1. The average Bonchev–Trinajstić information content (AvgIpc) is 2.33. The van der Waals surface area contributed by atoms with Crippen LogP contribution in [0.4, 0.5) is 11.6 Å². The maximum atomic E-state index is 5.49. The molecule has 0 saturated heterocycles. The maximum Gasteiger partial charge on any atom is 0.149 e. The molecule has 0 amide bonds. The molecule has 0 bridgehead atoms. The smallest absolute Gasteiger partial charge is 0.149 e. The molecule has 0 aromatic carbocycles. The molecular weight excluding hydrogens is 220 g/mol. The van der Waals surface area contributed by atoms with Crippen molar-refractivity contribution in [3.63, 3.8) is 0 Å². The van der Waals surface area contributed by atoms with Crippen LogP contribution in [0, 0.1) is 0 Å². The Balaban J connectivity index is 1.84. The Hall–Kier alpha value is -0.970. The van der Waals surface area contributed by atoms with Gasteiger partial charge in [0.15, 0.2) is 0 Å². The van der Waals surface area contributed by atoms with E-state index in [-0.39, 0.29) is 0 Å². The minimum Gasteiger partial charge on any atom is -0.382 e. The molecule has 2 rings (SSSR count). The number of nitrogens with one attached hydrogen (secondary N) is 1. The highest BCUT2D eigenvalue weighted by atomic mass is 32.2. The number of aromatic nitrogens is 2. The van der Waals surface area contributed by atoms with Crippen molar-refractivity contribution in [3.05, 3.63) is 12.1 Å². The van der Waals surface area contributed by atoms with Gasteiger partial charge in [-0.15, -0.1) is 10.2 Å². The number of nitrogens with zero attached hydrogens (tertiary/aromatic N) is 2. The van der Waals surface area contributed by atoms with Gasteiger partial charge in [0.2, 0.25) is 0 Å². The van der Waals surface area contributed by atoms with E-state index >= 15 is 0 Å². The first-order chi connectivity index (χ1) is 7.78. The van der Waals surface area contributed by atoms with Gasteiger partial charge >= 0.3 is 0 Å². The second kappa shape index (κ2) is 5.39. The van der Waals surface area contributed by atoms with Gasteiger partial charge in [0.25, 0.3) is 0 Å². The van der Waals surface area contributed by atoms with Crippen LogP contribution in [-0.2, 0) is 0 Å². The van der Waals surface area contributed by atoms with E-state index in [9.17, 15) is 0 Å². The van der Waals surface area contributed by atoms with Crippen molar-refractivity contribution in [1.29, 1.82) is 0 Å². The summed E-state index contributed by atoms with van der Waals surface area (Å²) in [6.45, 7) is 0. The number of hydrogen-bond donors (Lipinski definition) is 2. The molecule has 0 spiro atoms. The minimum absolute atomic E-state index is 0.469. The van der Waals surface area contributed by atoms with Crippen LogP contribution >= 0.6 is 11.8 Å². The predicted molar refractivity (Wildman–Crippen MR) is 69.6 cm³/mol. The molecule has 4 nitrogen and oxygen atoms in total. The van der Waals surface area contributed by atoms with Crippen molar-refractivity contribution in [1.82, 2.24) is 10.2 Å². The van der Waals surface area contributed by atoms with E-state index in [4.69, 9.17) is 5.73 Å². The number of thioether (sulfide) groups is 1. The predicted octanol–water partition coefficient (Wildman–Crippen LogP) is 2.14. The zero-order valence-electron chi connectivity index (χ0n) is 9.52. The van der Waals surface area contributed by atoms with Crippen molar-refractivity contribution in [2.24, 2.45) is 0 Å². The molecule has 0 aliphatic heterocycles. The van der Waals surface area contributed by atoms with E-state index in [2.05, 4.69) is 21.8 Å². The lowest BCUT2D eigenvalue weighted by Crippen LogP contribution is -2.27. The molecule has 1 aliphatic rings. The largest absolute Gasteiger partial charge is 0.382 e. The van der Waals surface area contributed by atoms with Gasteiger partial charge in [-0.25, -0.2) is 0 Å². The highest BCUT2D eigenvalue weighted by Crippen LogP contribution is 2.28. The van der Waals surface area contributed by atoms with Crippen LogP contribution in [0.5, 0.6) is 0 Å². The molecule has 0 atom stereocenters. The van der Waals surface area contributed by atoms with Crippen LogP contribution in [0.15, 0.2) is 12.1 Å². The van der Waals surface area contributed by atoms with Gasteiger partial charge in [0, 0.05) is 11.3 Å². The van der Waals surface area contributed by atoms with Crippen molar-refractivity contribution >= 4 is 23.4 Å². The van der Waals surface area contributed by atoms with Crippen molar-refractivity contribution in [3.8, 4) is 0 Å². The number of rotatable bonds is 3. The fourth-order valence-corrected chi connectivity index (χ4v) is 2.82. The van der Waals surface area contributed by atoms with Gasteiger partial charge in [-0.2, -0.15) is 11.8 Å². The van der Waals surface area contributed by atoms with E-state index in [0.717, 1.165) is 11.1 Å². The van der Waals surface area contributed by atoms with E-state index in [1.807, 2.05) is 17.8 Å². The first kappa shape index (κ1) is 11.5. The number of anilines is 2. The lowest BCUT2D eigenvalue weighted by molar-refractivity contribution is 0.472. The lowest BCUT2D eigenvalue weighted by atomic mass is 9.95. The zero-order chi connectivity index (χ0) is 11.4. The Morgan fingerprint density at radius 2 is 2.00 bits per heavy atom. The summed E-state index contributed by atoms with van der Waals surface area (Å²) in [6, 6.07) is 4.22. The fourth-order valence-electron chi connectivity index (χ4n) is 2.07. The van der Waals surface area contributed by atoms with Crippen molar-refractivity contribution in [2.45, 2.75) is 37.0 Å². The topological polar surface area (TPSA) is 63.8 Å². The van der Waals surface area contributed by atoms with Crippen molar-refractivity contribution < 1.29 is 0 Å². The molecule has 1 aromatic heterocycles. The highest BCUT2D eigenvalue weighted by Gasteiger charge is 2.20. The highest BCUT2D eigenvalue weighted by molar-refractivity contribution is 7.99. The zero-order valence-corrected chi connectivity index (χ0v) is 10.3. The summed E-state index contributed by atoms with van der Waals surface area (Å²) >= 11 is 1.98. The van der Waals surface area contributed by atoms with Crippen LogP contribution in [0.1, 0.15) is 25.7 Å². The number of nitrogen functional groups attached to an aromatic ring is 1. The van der Waals surface area contributed by atoms with Gasteiger partial charge in [0.05, 0.1) is 0 Å². The second-order valence-corrected chi connectivity index (χ2v) is 5.34. The molecule has 0 radical (unpaired) electrons. The van der Waals surface area contributed by atoms with Crippen molar-refractivity contribution in [2.75, 3.05) is 17.3 Å². The molecule has 1 fully saturated rings. The second-order valence-electron chi connectivity index (χ2n) is 4.20. The third kappa shape index (κ3) is 3.01. The lowest BCUT2D eigenvalue weighted by Gasteiger charge is -2.28. The molecule has 1 aliphatic carbocycles. The summed E-state index contributed by atoms with van der Waals surface area (Å²) in [5.74, 6) is 1.30. The van der Waals surface area contributed by atoms with Crippen LogP contribution in [0.2, 0.25) is 0 Å². The number of hydrogen-bond acceptors (Lipinski definition) is 5. The minimum atomic E-state index is 0.469. The molecule has 0 unspecified atom stereocenters. The molecule has 1 saturated carbocycles. The average molecular weight is 238 g/mol. The van der Waals surface area contributed by atoms with E-state index < -0.39 is 0 Å². The third-order valence-corrected chi connectivity index (χ3v) is 4.18. The van der Waals surface area contributed by atoms with Gasteiger partial charge in [-0.05, 0) is 44.1 Å². The quantitative estimate of drug-likeness (QED) is 0.844. The van der Waals surface area contributed by atoms with Crippen LogP contribution in [0.25, 0.3) is 0 Å². The van der Waals surface area contributed by atoms with Crippen LogP contribution in [0.3, 0.4) is 0 Å². The van der Waals surface area contributed by atoms with E-state index in [1.165, 1.54) is 25.7 Å². The SMILES string of the molecule is CSC1CCC(Nc2ccc(N)nn2)CC1. The van der Waals surface area contributed by atoms with Crippen LogP contribution < -0.4 is 11.1 Å². The Morgan fingerprint density at radius 3 is 2.56 bits per heavy atom. The Bertz CT molecular complexity index is 319. The number of nitrogens with two attached hydrogens (primary N) is 1. The normalized spacial score (nSPS) is 25.3. The van der Waals surface area contributed by atoms with E-state index in [1.54, 1.807) is 6.07 Å². The molecule has 1 heterocycles. The molecule has 16 heavy (non-hydrogen) atoms. The standard InChI is InChI=1S/C11H18N4S/c1-16-9-4-2-8(3-5-9)13-11-7-6-10(12)14-15-11/h6-9H,2-5H2,1H3,(H2,12,14)(H,13,15). The summed E-state index contributed by atoms with van der Waals surface area (Å²) in [5.41, 5.74) is 5.49. The Kier molecular flexibility index (Phi) is 3.88. The molecule has 1 aromatic rings. The summed E-state index contributed by atoms with van der Waals surface area (Å²) < 4.78 is 0. The maximum absolute atomic E-state index is 5.49. The molecule has 3 N–H and O–H groups in total. The monoisotopic (exact) mass is 238 g/mol. The van der Waals surface area contributed by atoms with Gasteiger partial charge < -0.3 is 11.1 Å². The molecule has 5 heteroatoms. The van der Waals surface area contributed by atoms with Crippen LogP contribution in [-0.4, -0.2) is 27.7 Å².